The molecule has 0 unspecified atom stereocenters. The molecule has 196 valence electrons. The largest absolute Gasteiger partial charge is 0.457 e. The fraction of sp³-hybridized carbons (Fsp3) is 0.148. The normalized spacial score (nSPS) is 10.6. The van der Waals surface area contributed by atoms with Crippen LogP contribution in [0.25, 0.3) is 11.4 Å². The standard InChI is InChI=1S/C27H26F2N6O3/c1-16-3-5-20(28)23(11-16)35-27(37)34-22-6-4-18(13-21(22)29)38-19-7-10-31-25(14-19)24-12-17(15-33-24)26(36)32-9-2-8-30/h3-7,10-15,33H,2,8-9,30H2,1H3,(H,32,36)(H2,34,35,37). The zero-order chi connectivity index (χ0) is 27.1. The van der Waals surface area contributed by atoms with E-state index in [9.17, 15) is 18.4 Å². The molecule has 0 bridgehead atoms. The molecule has 0 spiro atoms. The van der Waals surface area contributed by atoms with Crippen LogP contribution in [0.2, 0.25) is 0 Å². The van der Waals surface area contributed by atoms with E-state index in [1.165, 1.54) is 30.5 Å². The molecule has 2 aromatic heterocycles. The molecule has 0 aliphatic rings. The number of hydrogen-bond acceptors (Lipinski definition) is 5. The fourth-order valence-electron chi connectivity index (χ4n) is 3.51. The second-order valence-corrected chi connectivity index (χ2v) is 8.38. The molecule has 38 heavy (non-hydrogen) atoms. The quantitative estimate of drug-likeness (QED) is 0.194. The maximum Gasteiger partial charge on any atom is 0.323 e. The van der Waals surface area contributed by atoms with E-state index in [0.717, 1.165) is 11.6 Å². The van der Waals surface area contributed by atoms with E-state index in [1.807, 2.05) is 0 Å². The summed E-state index contributed by atoms with van der Waals surface area (Å²) in [5.41, 5.74) is 7.64. The summed E-state index contributed by atoms with van der Waals surface area (Å²) in [6.45, 7) is 2.73. The van der Waals surface area contributed by atoms with Gasteiger partial charge in [0.25, 0.3) is 5.91 Å². The van der Waals surface area contributed by atoms with Gasteiger partial charge in [-0.15, -0.1) is 0 Å². The van der Waals surface area contributed by atoms with E-state index >= 15 is 0 Å². The third-order valence-electron chi connectivity index (χ3n) is 5.41. The number of rotatable bonds is 9. The Hall–Kier alpha value is -4.77. The lowest BCUT2D eigenvalue weighted by Gasteiger charge is -2.11. The molecular weight excluding hydrogens is 494 g/mol. The third kappa shape index (κ3) is 6.71. The van der Waals surface area contributed by atoms with Gasteiger partial charge in [-0.3, -0.25) is 9.78 Å². The molecule has 3 amide bonds. The number of pyridine rings is 1. The Morgan fingerprint density at radius 2 is 1.76 bits per heavy atom. The highest BCUT2D eigenvalue weighted by Crippen LogP contribution is 2.28. The molecule has 0 atom stereocenters. The van der Waals surface area contributed by atoms with Crippen LogP contribution in [0.1, 0.15) is 22.3 Å². The first-order chi connectivity index (χ1) is 18.3. The van der Waals surface area contributed by atoms with Crippen LogP contribution in [0.15, 0.2) is 67.0 Å². The van der Waals surface area contributed by atoms with Gasteiger partial charge in [0, 0.05) is 31.1 Å². The van der Waals surface area contributed by atoms with Crippen LogP contribution >= 0.6 is 0 Å². The second-order valence-electron chi connectivity index (χ2n) is 8.38. The maximum absolute atomic E-state index is 14.7. The molecule has 0 aliphatic heterocycles. The van der Waals surface area contributed by atoms with Crippen LogP contribution < -0.4 is 26.4 Å². The minimum Gasteiger partial charge on any atom is -0.457 e. The smallest absolute Gasteiger partial charge is 0.323 e. The first-order valence-electron chi connectivity index (χ1n) is 11.8. The maximum atomic E-state index is 14.7. The Morgan fingerprint density at radius 1 is 0.974 bits per heavy atom. The number of nitrogens with zero attached hydrogens (tertiary/aromatic N) is 1. The van der Waals surface area contributed by atoms with Crippen molar-refractivity contribution >= 4 is 23.3 Å². The number of carbonyl (C=O) groups is 2. The molecule has 0 radical (unpaired) electrons. The monoisotopic (exact) mass is 520 g/mol. The highest BCUT2D eigenvalue weighted by Gasteiger charge is 2.13. The SMILES string of the molecule is Cc1ccc(F)c(NC(=O)Nc2ccc(Oc3ccnc(-c4cc(C(=O)NCCCN)c[nH]4)c3)cc2F)c1. The van der Waals surface area contributed by atoms with Crippen molar-refractivity contribution in [1.29, 1.82) is 0 Å². The number of nitrogens with two attached hydrogens (primary N) is 1. The van der Waals surface area contributed by atoms with Gasteiger partial charge in [-0.2, -0.15) is 0 Å². The van der Waals surface area contributed by atoms with E-state index in [-0.39, 0.29) is 23.0 Å². The molecule has 0 fully saturated rings. The number of nitrogens with one attached hydrogen (secondary N) is 4. The summed E-state index contributed by atoms with van der Waals surface area (Å²) in [6, 6.07) is 12.3. The molecule has 0 aliphatic carbocycles. The summed E-state index contributed by atoms with van der Waals surface area (Å²) < 4.78 is 34.3. The number of hydrogen-bond donors (Lipinski definition) is 5. The molecule has 6 N–H and O–H groups in total. The van der Waals surface area contributed by atoms with Crippen LogP contribution in [0.4, 0.5) is 25.0 Å². The zero-order valence-electron chi connectivity index (χ0n) is 20.5. The van der Waals surface area contributed by atoms with Crippen molar-refractivity contribution < 1.29 is 23.1 Å². The Kier molecular flexibility index (Phi) is 8.29. The van der Waals surface area contributed by atoms with E-state index in [1.54, 1.807) is 37.4 Å². The van der Waals surface area contributed by atoms with Gasteiger partial charge in [0.15, 0.2) is 0 Å². The van der Waals surface area contributed by atoms with Crippen molar-refractivity contribution in [3.63, 3.8) is 0 Å². The lowest BCUT2D eigenvalue weighted by atomic mass is 10.2. The number of aryl methyl sites for hydroxylation is 1. The van der Waals surface area contributed by atoms with E-state index < -0.39 is 17.7 Å². The van der Waals surface area contributed by atoms with E-state index in [2.05, 4.69) is 25.9 Å². The van der Waals surface area contributed by atoms with Crippen molar-refractivity contribution in [2.45, 2.75) is 13.3 Å². The summed E-state index contributed by atoms with van der Waals surface area (Å²) in [6.07, 6.45) is 3.78. The molecule has 9 nitrogen and oxygen atoms in total. The van der Waals surface area contributed by atoms with Crippen LogP contribution in [0.3, 0.4) is 0 Å². The third-order valence-corrected chi connectivity index (χ3v) is 5.41. The number of carbonyl (C=O) groups excluding carboxylic acids is 2. The predicted octanol–water partition coefficient (Wildman–Crippen LogP) is 5.18. The number of halogens is 2. The number of anilines is 2. The highest BCUT2D eigenvalue weighted by atomic mass is 19.1. The topological polar surface area (TPSA) is 134 Å². The summed E-state index contributed by atoms with van der Waals surface area (Å²) >= 11 is 0. The number of aromatic amines is 1. The van der Waals surface area contributed by atoms with Crippen molar-refractivity contribution in [2.75, 3.05) is 23.7 Å². The van der Waals surface area contributed by atoms with Crippen LogP contribution in [0.5, 0.6) is 11.5 Å². The first kappa shape index (κ1) is 26.3. The van der Waals surface area contributed by atoms with Crippen molar-refractivity contribution in [2.24, 2.45) is 5.73 Å². The molecule has 2 aromatic carbocycles. The molecule has 4 rings (SSSR count). The summed E-state index contributed by atoms with van der Waals surface area (Å²) in [5.74, 6) is -1.01. The van der Waals surface area contributed by atoms with Crippen molar-refractivity contribution in [1.82, 2.24) is 15.3 Å². The number of ether oxygens (including phenoxy) is 1. The van der Waals surface area contributed by atoms with Gasteiger partial charge in [0.2, 0.25) is 0 Å². The Morgan fingerprint density at radius 3 is 2.55 bits per heavy atom. The summed E-state index contributed by atoms with van der Waals surface area (Å²) in [7, 11) is 0. The molecule has 0 saturated carbocycles. The molecular formula is C27H26F2N6O3. The molecule has 0 saturated heterocycles. The average molecular weight is 521 g/mol. The number of urea groups is 1. The van der Waals surface area contributed by atoms with Crippen molar-refractivity contribution in [3.05, 3.63) is 89.8 Å². The van der Waals surface area contributed by atoms with Gasteiger partial charge in [0.05, 0.1) is 28.3 Å². The molecule has 11 heteroatoms. The fourth-order valence-corrected chi connectivity index (χ4v) is 3.51. The van der Waals surface area contributed by atoms with E-state index in [4.69, 9.17) is 10.5 Å². The lowest BCUT2D eigenvalue weighted by molar-refractivity contribution is 0.0953. The summed E-state index contributed by atoms with van der Waals surface area (Å²) in [4.78, 5) is 31.8. The second kappa shape index (κ2) is 12.0. The first-order valence-corrected chi connectivity index (χ1v) is 11.8. The minimum absolute atomic E-state index is 0.0160. The predicted molar refractivity (Wildman–Crippen MR) is 140 cm³/mol. The number of H-pyrrole nitrogens is 1. The van der Waals surface area contributed by atoms with Crippen molar-refractivity contribution in [3.8, 4) is 22.9 Å². The van der Waals surface area contributed by atoms with Gasteiger partial charge in [0.1, 0.15) is 23.1 Å². The van der Waals surface area contributed by atoms with Gasteiger partial charge in [-0.25, -0.2) is 13.6 Å². The average Bonchev–Trinajstić information content (AvgIpc) is 3.39. The Bertz CT molecular complexity index is 1460. The lowest BCUT2D eigenvalue weighted by Crippen LogP contribution is -2.25. The van der Waals surface area contributed by atoms with Crippen LogP contribution in [-0.2, 0) is 0 Å². The minimum atomic E-state index is -0.792. The van der Waals surface area contributed by atoms with Gasteiger partial charge >= 0.3 is 6.03 Å². The van der Waals surface area contributed by atoms with Crippen LogP contribution in [-0.4, -0.2) is 35.0 Å². The van der Waals surface area contributed by atoms with E-state index in [0.29, 0.717) is 42.2 Å². The zero-order valence-corrected chi connectivity index (χ0v) is 20.5. The number of benzene rings is 2. The molecule has 4 aromatic rings. The van der Waals surface area contributed by atoms with Gasteiger partial charge in [-0.05, 0) is 61.9 Å². The highest BCUT2D eigenvalue weighted by molar-refractivity contribution is 6.00. The van der Waals surface area contributed by atoms with Gasteiger partial charge < -0.3 is 31.4 Å². The number of aromatic nitrogens is 2. The summed E-state index contributed by atoms with van der Waals surface area (Å²) in [5, 5.41) is 7.50. The number of amides is 3. The molecule has 2 heterocycles. The Balaban J connectivity index is 1.40. The van der Waals surface area contributed by atoms with Crippen LogP contribution in [0, 0.1) is 18.6 Å². The van der Waals surface area contributed by atoms with Gasteiger partial charge in [-0.1, -0.05) is 6.07 Å². The Labute approximate surface area is 217 Å².